The number of sulfone groups is 1. The molecule has 0 atom stereocenters. The van der Waals surface area contributed by atoms with Crippen LogP contribution in [0.25, 0.3) is 0 Å². The van der Waals surface area contributed by atoms with Crippen LogP contribution in [-0.2, 0) is 9.84 Å². The van der Waals surface area contributed by atoms with E-state index in [1.807, 2.05) is 0 Å². The fourth-order valence-corrected chi connectivity index (χ4v) is 2.07. The van der Waals surface area contributed by atoms with Crippen molar-refractivity contribution in [1.82, 2.24) is 4.98 Å². The molecular formula is C12H11FN2O2S. The van der Waals surface area contributed by atoms with Crippen LogP contribution in [0.15, 0.2) is 47.5 Å². The third kappa shape index (κ3) is 3.04. The van der Waals surface area contributed by atoms with Gasteiger partial charge in [-0.1, -0.05) is 6.07 Å². The van der Waals surface area contributed by atoms with Crippen LogP contribution in [0.1, 0.15) is 0 Å². The van der Waals surface area contributed by atoms with Gasteiger partial charge in [0.25, 0.3) is 0 Å². The zero-order valence-corrected chi connectivity index (χ0v) is 10.4. The topological polar surface area (TPSA) is 59.1 Å². The standard InChI is InChI=1S/C12H11FN2O2S/c1-18(16,17)11-4-2-3-10(7-11)15-12-6-5-9(13)8-14-12/h2-8H,1H3,(H,14,15). The van der Waals surface area contributed by atoms with Crippen molar-refractivity contribution in [2.45, 2.75) is 4.90 Å². The van der Waals surface area contributed by atoms with Gasteiger partial charge < -0.3 is 5.32 Å². The van der Waals surface area contributed by atoms with Gasteiger partial charge in [0.2, 0.25) is 0 Å². The molecule has 4 nitrogen and oxygen atoms in total. The fraction of sp³-hybridized carbons (Fsp3) is 0.0833. The molecule has 0 unspecified atom stereocenters. The summed E-state index contributed by atoms with van der Waals surface area (Å²) < 4.78 is 35.5. The van der Waals surface area contributed by atoms with Crippen molar-refractivity contribution in [2.24, 2.45) is 0 Å². The van der Waals surface area contributed by atoms with E-state index in [0.717, 1.165) is 12.5 Å². The maximum atomic E-state index is 12.7. The average Bonchev–Trinajstić information content (AvgIpc) is 2.31. The molecule has 0 saturated heterocycles. The van der Waals surface area contributed by atoms with Crippen LogP contribution >= 0.6 is 0 Å². The first-order valence-corrected chi connectivity index (χ1v) is 7.03. The van der Waals surface area contributed by atoms with Crippen molar-refractivity contribution in [3.05, 3.63) is 48.4 Å². The highest BCUT2D eigenvalue weighted by atomic mass is 32.2. The van der Waals surface area contributed by atoms with Gasteiger partial charge in [-0.05, 0) is 30.3 Å². The Kier molecular flexibility index (Phi) is 3.29. The van der Waals surface area contributed by atoms with Crippen LogP contribution in [0.4, 0.5) is 15.9 Å². The van der Waals surface area contributed by atoms with Gasteiger partial charge in [0.05, 0.1) is 11.1 Å². The normalized spacial score (nSPS) is 11.2. The molecule has 2 rings (SSSR count). The minimum absolute atomic E-state index is 0.217. The third-order valence-corrected chi connectivity index (χ3v) is 3.37. The van der Waals surface area contributed by atoms with E-state index in [4.69, 9.17) is 0 Å². The second-order valence-corrected chi connectivity index (χ2v) is 5.80. The van der Waals surface area contributed by atoms with Crippen molar-refractivity contribution >= 4 is 21.3 Å². The van der Waals surface area contributed by atoms with Gasteiger partial charge in [-0.3, -0.25) is 0 Å². The average molecular weight is 266 g/mol. The summed E-state index contributed by atoms with van der Waals surface area (Å²) in [6.07, 6.45) is 2.23. The largest absolute Gasteiger partial charge is 0.340 e. The second-order valence-electron chi connectivity index (χ2n) is 3.79. The lowest BCUT2D eigenvalue weighted by Gasteiger charge is -2.06. The Morgan fingerprint density at radius 1 is 1.22 bits per heavy atom. The Hall–Kier alpha value is -1.95. The maximum Gasteiger partial charge on any atom is 0.175 e. The minimum Gasteiger partial charge on any atom is -0.340 e. The van der Waals surface area contributed by atoms with E-state index >= 15 is 0 Å². The van der Waals surface area contributed by atoms with Crippen LogP contribution in [0.5, 0.6) is 0 Å². The van der Waals surface area contributed by atoms with E-state index in [1.165, 1.54) is 24.3 Å². The van der Waals surface area contributed by atoms with Gasteiger partial charge >= 0.3 is 0 Å². The second kappa shape index (κ2) is 4.73. The number of pyridine rings is 1. The van der Waals surface area contributed by atoms with Crippen molar-refractivity contribution in [1.29, 1.82) is 0 Å². The van der Waals surface area contributed by atoms with Gasteiger partial charge in [-0.15, -0.1) is 0 Å². The number of nitrogens with one attached hydrogen (secondary N) is 1. The lowest BCUT2D eigenvalue weighted by Crippen LogP contribution is -1.99. The molecule has 94 valence electrons. The Labute approximate surface area is 104 Å². The lowest BCUT2D eigenvalue weighted by atomic mass is 10.3. The first kappa shape index (κ1) is 12.5. The van der Waals surface area contributed by atoms with Gasteiger partial charge in [0.1, 0.15) is 11.6 Å². The molecule has 1 heterocycles. The van der Waals surface area contributed by atoms with E-state index < -0.39 is 15.7 Å². The third-order valence-electron chi connectivity index (χ3n) is 2.26. The molecule has 0 spiro atoms. The molecule has 0 radical (unpaired) electrons. The summed E-state index contributed by atoms with van der Waals surface area (Å²) >= 11 is 0. The predicted molar refractivity (Wildman–Crippen MR) is 67.0 cm³/mol. The number of nitrogens with zero attached hydrogens (tertiary/aromatic N) is 1. The van der Waals surface area contributed by atoms with Crippen LogP contribution in [0.2, 0.25) is 0 Å². The SMILES string of the molecule is CS(=O)(=O)c1cccc(Nc2ccc(F)cn2)c1. The van der Waals surface area contributed by atoms with Gasteiger partial charge in [0, 0.05) is 11.9 Å². The minimum atomic E-state index is -3.24. The Morgan fingerprint density at radius 3 is 2.61 bits per heavy atom. The highest BCUT2D eigenvalue weighted by Gasteiger charge is 2.07. The molecule has 6 heteroatoms. The monoisotopic (exact) mass is 266 g/mol. The van der Waals surface area contributed by atoms with Crippen molar-refractivity contribution < 1.29 is 12.8 Å². The fourth-order valence-electron chi connectivity index (χ4n) is 1.40. The molecule has 0 amide bonds. The zero-order chi connectivity index (χ0) is 13.2. The molecule has 2 aromatic rings. The van der Waals surface area contributed by atoms with Crippen molar-refractivity contribution in [2.75, 3.05) is 11.6 Å². The first-order valence-electron chi connectivity index (χ1n) is 5.14. The van der Waals surface area contributed by atoms with Gasteiger partial charge in [-0.25, -0.2) is 17.8 Å². The number of benzene rings is 1. The molecule has 0 bridgehead atoms. The number of anilines is 2. The molecule has 18 heavy (non-hydrogen) atoms. The van der Waals surface area contributed by atoms with Crippen LogP contribution in [0, 0.1) is 5.82 Å². The number of aromatic nitrogens is 1. The lowest BCUT2D eigenvalue weighted by molar-refractivity contribution is 0.602. The number of halogens is 1. The van der Waals surface area contributed by atoms with Crippen molar-refractivity contribution in [3.63, 3.8) is 0 Å². The first-order chi connectivity index (χ1) is 8.45. The molecule has 0 fully saturated rings. The predicted octanol–water partition coefficient (Wildman–Crippen LogP) is 2.37. The molecule has 0 aliphatic heterocycles. The van der Waals surface area contributed by atoms with E-state index in [2.05, 4.69) is 10.3 Å². The maximum absolute atomic E-state index is 12.7. The molecule has 0 aliphatic carbocycles. The van der Waals surface area contributed by atoms with Crippen LogP contribution in [-0.4, -0.2) is 19.7 Å². The quantitative estimate of drug-likeness (QED) is 0.926. The van der Waals surface area contributed by atoms with E-state index in [1.54, 1.807) is 12.1 Å². The molecule has 0 aliphatic rings. The summed E-state index contributed by atoms with van der Waals surface area (Å²) in [5.74, 6) is 0.0208. The Balaban J connectivity index is 2.27. The summed E-state index contributed by atoms with van der Waals surface area (Å²) in [5, 5.41) is 2.90. The van der Waals surface area contributed by atoms with Crippen LogP contribution < -0.4 is 5.32 Å². The van der Waals surface area contributed by atoms with Gasteiger partial charge in [-0.2, -0.15) is 0 Å². The Bertz CT molecular complexity index is 654. The molecular weight excluding hydrogens is 255 g/mol. The van der Waals surface area contributed by atoms with E-state index in [0.29, 0.717) is 11.5 Å². The summed E-state index contributed by atoms with van der Waals surface area (Å²) in [6, 6.07) is 9.10. The summed E-state index contributed by atoms with van der Waals surface area (Å²) in [5.41, 5.74) is 0.581. The summed E-state index contributed by atoms with van der Waals surface area (Å²) in [4.78, 5) is 4.05. The Morgan fingerprint density at radius 2 is 2.00 bits per heavy atom. The van der Waals surface area contributed by atoms with E-state index in [9.17, 15) is 12.8 Å². The van der Waals surface area contributed by atoms with E-state index in [-0.39, 0.29) is 4.90 Å². The zero-order valence-electron chi connectivity index (χ0n) is 9.59. The molecule has 1 N–H and O–H groups in total. The molecule has 1 aromatic carbocycles. The highest BCUT2D eigenvalue weighted by molar-refractivity contribution is 7.90. The number of hydrogen-bond donors (Lipinski definition) is 1. The molecule has 0 saturated carbocycles. The smallest absolute Gasteiger partial charge is 0.175 e. The van der Waals surface area contributed by atoms with Crippen molar-refractivity contribution in [3.8, 4) is 0 Å². The summed E-state index contributed by atoms with van der Waals surface area (Å²) in [7, 11) is -3.24. The molecule has 1 aromatic heterocycles. The highest BCUT2D eigenvalue weighted by Crippen LogP contribution is 2.18. The summed E-state index contributed by atoms with van der Waals surface area (Å²) in [6.45, 7) is 0. The number of hydrogen-bond acceptors (Lipinski definition) is 4. The van der Waals surface area contributed by atoms with Gasteiger partial charge in [0.15, 0.2) is 9.84 Å². The number of rotatable bonds is 3. The van der Waals surface area contributed by atoms with Crippen LogP contribution in [0.3, 0.4) is 0 Å².